The van der Waals surface area contributed by atoms with Crippen LogP contribution in [0.2, 0.25) is 0 Å². The van der Waals surface area contributed by atoms with Crippen LogP contribution in [0.5, 0.6) is 0 Å². The second-order valence-corrected chi connectivity index (χ2v) is 15.7. The fraction of sp³-hybridized carbons (Fsp3) is 0.680. The first-order valence-electron chi connectivity index (χ1n) is 13.8. The Morgan fingerprint density at radius 1 is 0.698 bits per heavy atom. The van der Waals surface area contributed by atoms with E-state index in [2.05, 4.69) is 4.98 Å². The van der Waals surface area contributed by atoms with Gasteiger partial charge in [0.05, 0.1) is 7.05 Å². The predicted molar refractivity (Wildman–Crippen MR) is 155 cm³/mol. The van der Waals surface area contributed by atoms with Crippen molar-refractivity contribution in [2.24, 2.45) is 7.05 Å². The number of hydrogen-bond donors (Lipinski definition) is 0. The maximum Gasteiger partial charge on any atom is 0.410 e. The van der Waals surface area contributed by atoms with Crippen LogP contribution >= 0.6 is 0 Å². The lowest BCUT2D eigenvalue weighted by Crippen LogP contribution is -2.52. The van der Waals surface area contributed by atoms with Crippen molar-refractivity contribution in [3.8, 4) is 0 Å². The molecule has 4 heterocycles. The molecule has 18 heteroatoms. The summed E-state index contributed by atoms with van der Waals surface area (Å²) in [7, 11) is -5.41. The molecule has 2 fully saturated rings. The molecule has 0 bridgehead atoms. The molecule has 4 rings (SSSR count). The van der Waals surface area contributed by atoms with E-state index in [9.17, 15) is 26.4 Å². The summed E-state index contributed by atoms with van der Waals surface area (Å²) in [6.45, 7) is 13.0. The Morgan fingerprint density at radius 2 is 1.12 bits per heavy atom. The van der Waals surface area contributed by atoms with Gasteiger partial charge >= 0.3 is 32.6 Å². The van der Waals surface area contributed by atoms with Gasteiger partial charge < -0.3 is 19.3 Å². The van der Waals surface area contributed by atoms with Gasteiger partial charge in [0.15, 0.2) is 0 Å². The third kappa shape index (κ3) is 9.38. The lowest BCUT2D eigenvalue weighted by atomic mass is 10.2. The number of carbonyl (C=O) groups is 2. The highest BCUT2D eigenvalue weighted by molar-refractivity contribution is 7.87. The summed E-state index contributed by atoms with van der Waals surface area (Å²) in [4.78, 5) is 30.7. The Morgan fingerprint density at radius 3 is 1.44 bits per heavy atom. The third-order valence-electron chi connectivity index (χ3n) is 6.19. The summed E-state index contributed by atoms with van der Waals surface area (Å²) in [6.07, 6.45) is 7.87. The van der Waals surface area contributed by atoms with E-state index in [1.54, 1.807) is 59.4 Å². The number of hydrogen-bond acceptors (Lipinski definition) is 9. The summed E-state index contributed by atoms with van der Waals surface area (Å²) < 4.78 is 66.6. The van der Waals surface area contributed by atoms with E-state index in [0.29, 0.717) is 26.2 Å². The molecule has 0 atom stereocenters. The first kappa shape index (κ1) is 34.3. The van der Waals surface area contributed by atoms with E-state index in [-0.39, 0.29) is 26.2 Å². The monoisotopic (exact) mass is 647 g/mol. The lowest BCUT2D eigenvalue weighted by molar-refractivity contribution is -0.670. The second-order valence-electron chi connectivity index (χ2n) is 12.1. The molecule has 0 saturated carbocycles. The highest BCUT2D eigenvalue weighted by atomic mass is 32.2. The standard InChI is InChI=1S/C13H23N4O4S.C12H20N4O4S/c1-13(2,3)21-12(18)15-6-9-16(10-7-15)22(19,20)17-8-5-14(4)11-17;1-12(2,3)20-11(17)14-6-8-15(9-7-14)21(18,19)16-5-4-13-10-16/h5,8,11H,6-7,9-10H2,1-4H3;4-5,10H,6-9H2,1-3H3/q+1;. The van der Waals surface area contributed by atoms with Crippen molar-refractivity contribution in [2.45, 2.75) is 52.7 Å². The number of ether oxygens (including phenoxy) is 2. The Hall–Kier alpha value is -3.22. The van der Waals surface area contributed by atoms with Gasteiger partial charge in [0.2, 0.25) is 0 Å². The van der Waals surface area contributed by atoms with Gasteiger partial charge in [0.1, 0.15) is 29.9 Å². The predicted octanol–water partition coefficient (Wildman–Crippen LogP) is 0.487. The van der Waals surface area contributed by atoms with Crippen LogP contribution in [0.15, 0.2) is 37.4 Å². The number of piperazine rings is 2. The maximum absolute atomic E-state index is 12.4. The van der Waals surface area contributed by atoms with Crippen molar-refractivity contribution in [3.05, 3.63) is 37.4 Å². The summed E-state index contributed by atoms with van der Waals surface area (Å²) >= 11 is 0. The molecule has 0 N–H and O–H groups in total. The van der Waals surface area contributed by atoms with Crippen molar-refractivity contribution in [2.75, 3.05) is 52.4 Å². The van der Waals surface area contributed by atoms with Crippen molar-refractivity contribution in [1.29, 1.82) is 0 Å². The van der Waals surface area contributed by atoms with Gasteiger partial charge in [-0.05, 0) is 41.5 Å². The van der Waals surface area contributed by atoms with Gasteiger partial charge in [0, 0.05) is 64.8 Å². The molecule has 0 aliphatic carbocycles. The molecule has 2 saturated heterocycles. The quantitative estimate of drug-likeness (QED) is 0.430. The fourth-order valence-electron chi connectivity index (χ4n) is 4.07. The van der Waals surface area contributed by atoms with Gasteiger partial charge in [-0.3, -0.25) is 0 Å². The van der Waals surface area contributed by atoms with E-state index in [1.807, 2.05) is 0 Å². The van der Waals surface area contributed by atoms with Gasteiger partial charge in [-0.1, -0.05) is 0 Å². The SMILES string of the molecule is CC(C)(C)OC(=O)N1CCN(S(=O)(=O)n2ccnc2)CC1.C[n+]1ccn(S(=O)(=O)N2CCN(C(=O)OC(C)(C)C)CC2)c1. The van der Waals surface area contributed by atoms with Crippen LogP contribution in [0.4, 0.5) is 9.59 Å². The molecule has 0 spiro atoms. The van der Waals surface area contributed by atoms with Crippen molar-refractivity contribution >= 4 is 32.6 Å². The van der Waals surface area contributed by atoms with Crippen LogP contribution in [0, 0.1) is 0 Å². The molecule has 0 unspecified atom stereocenters. The Labute approximate surface area is 253 Å². The van der Waals surface area contributed by atoms with Gasteiger partial charge in [-0.25, -0.2) is 23.1 Å². The van der Waals surface area contributed by atoms with Gasteiger partial charge in [-0.15, -0.1) is 3.97 Å². The number of amides is 2. The van der Waals surface area contributed by atoms with Gasteiger partial charge in [-0.2, -0.15) is 25.4 Å². The molecule has 2 aliphatic heterocycles. The second kappa shape index (κ2) is 13.2. The molecule has 43 heavy (non-hydrogen) atoms. The Kier molecular flexibility index (Phi) is 10.5. The molecular formula is C25H43N8O8S2+. The van der Waals surface area contributed by atoms with E-state index >= 15 is 0 Å². The van der Waals surface area contributed by atoms with Crippen molar-refractivity contribution in [3.63, 3.8) is 0 Å². The summed E-state index contributed by atoms with van der Waals surface area (Å²) in [5.74, 6) is 0. The minimum absolute atomic E-state index is 0.236. The Bertz CT molecular complexity index is 1440. The van der Waals surface area contributed by atoms with Gasteiger partial charge in [0.25, 0.3) is 6.33 Å². The van der Waals surface area contributed by atoms with Crippen LogP contribution < -0.4 is 4.57 Å². The molecule has 2 aromatic rings. The molecule has 0 aromatic carbocycles. The maximum atomic E-state index is 12.4. The fourth-order valence-corrected chi connectivity index (χ4v) is 6.71. The largest absolute Gasteiger partial charge is 0.444 e. The molecule has 16 nitrogen and oxygen atoms in total. The third-order valence-corrected chi connectivity index (χ3v) is 9.72. The van der Waals surface area contributed by atoms with Crippen LogP contribution in [-0.2, 0) is 36.9 Å². The number of aryl methyl sites for hydroxylation is 1. The van der Waals surface area contributed by atoms with E-state index in [0.717, 1.165) is 3.97 Å². The zero-order valence-corrected chi connectivity index (χ0v) is 27.4. The molecule has 0 radical (unpaired) electrons. The average molecular weight is 648 g/mol. The summed E-state index contributed by atoms with van der Waals surface area (Å²) in [5.41, 5.74) is -1.11. The smallest absolute Gasteiger partial charge is 0.410 e. The minimum atomic E-state index is -3.59. The number of carbonyl (C=O) groups excluding carboxylic acids is 2. The molecular weight excluding hydrogens is 604 g/mol. The highest BCUT2D eigenvalue weighted by Gasteiger charge is 2.35. The number of aromatic nitrogens is 4. The summed E-state index contributed by atoms with van der Waals surface area (Å²) in [6, 6.07) is 0. The normalized spacial score (nSPS) is 17.7. The number of imidazole rings is 2. The van der Waals surface area contributed by atoms with Crippen molar-refractivity contribution in [1.82, 2.24) is 31.3 Å². The molecule has 2 aliphatic rings. The number of rotatable bonds is 4. The minimum Gasteiger partial charge on any atom is -0.444 e. The summed E-state index contributed by atoms with van der Waals surface area (Å²) in [5, 5.41) is 0. The first-order chi connectivity index (χ1) is 19.8. The molecule has 2 amide bonds. The Balaban J connectivity index is 0.000000236. The first-order valence-corrected chi connectivity index (χ1v) is 16.6. The van der Waals surface area contributed by atoms with E-state index < -0.39 is 43.8 Å². The topological polar surface area (TPSA) is 160 Å². The van der Waals surface area contributed by atoms with E-state index in [4.69, 9.17) is 9.47 Å². The zero-order valence-electron chi connectivity index (χ0n) is 25.8. The van der Waals surface area contributed by atoms with Crippen molar-refractivity contribution < 1.29 is 40.5 Å². The molecule has 2 aromatic heterocycles. The molecule has 242 valence electrons. The van der Waals surface area contributed by atoms with Crippen LogP contribution in [0.3, 0.4) is 0 Å². The lowest BCUT2D eigenvalue weighted by Gasteiger charge is -2.34. The number of nitrogens with zero attached hydrogens (tertiary/aromatic N) is 8. The highest BCUT2D eigenvalue weighted by Crippen LogP contribution is 2.16. The van der Waals surface area contributed by atoms with Crippen LogP contribution in [0.25, 0.3) is 0 Å². The average Bonchev–Trinajstić information content (AvgIpc) is 3.60. The zero-order chi connectivity index (χ0) is 32.2. The van der Waals surface area contributed by atoms with Crippen LogP contribution in [0.1, 0.15) is 41.5 Å². The van der Waals surface area contributed by atoms with E-state index in [1.165, 1.54) is 53.6 Å². The van der Waals surface area contributed by atoms with Crippen LogP contribution in [-0.4, -0.2) is 124 Å².